The van der Waals surface area contributed by atoms with Crippen LogP contribution in [0.25, 0.3) is 0 Å². The minimum atomic E-state index is -0.318. The Kier molecular flexibility index (Phi) is 4.50. The van der Waals surface area contributed by atoms with Gasteiger partial charge < -0.3 is 10.5 Å². The van der Waals surface area contributed by atoms with Gasteiger partial charge in [0, 0.05) is 17.7 Å². The van der Waals surface area contributed by atoms with Gasteiger partial charge in [0.2, 0.25) is 0 Å². The van der Waals surface area contributed by atoms with Crippen LogP contribution in [-0.4, -0.2) is 6.61 Å². The van der Waals surface area contributed by atoms with Crippen molar-refractivity contribution in [1.82, 2.24) is 0 Å². The number of benzene rings is 1. The van der Waals surface area contributed by atoms with Crippen molar-refractivity contribution in [3.05, 3.63) is 41.7 Å². The maximum absolute atomic E-state index is 13.1. The van der Waals surface area contributed by atoms with E-state index < -0.39 is 0 Å². The van der Waals surface area contributed by atoms with E-state index in [1.165, 1.54) is 12.1 Å². The van der Waals surface area contributed by atoms with E-state index in [2.05, 4.69) is 6.58 Å². The van der Waals surface area contributed by atoms with Gasteiger partial charge in [0.15, 0.2) is 0 Å². The number of nitrogens with two attached hydrogens (primary N) is 1. The summed E-state index contributed by atoms with van der Waals surface area (Å²) in [6.07, 6.45) is 0.850. The van der Waals surface area contributed by atoms with E-state index in [9.17, 15) is 4.39 Å². The summed E-state index contributed by atoms with van der Waals surface area (Å²) in [6, 6.07) is 4.23. The number of hydrogen-bond donors (Lipinski definition) is 1. The summed E-state index contributed by atoms with van der Waals surface area (Å²) in [5, 5.41) is 0. The summed E-state index contributed by atoms with van der Waals surface area (Å²) >= 11 is 0. The highest BCUT2D eigenvalue weighted by Crippen LogP contribution is 2.25. The van der Waals surface area contributed by atoms with E-state index >= 15 is 0 Å². The van der Waals surface area contributed by atoms with E-state index in [0.717, 1.165) is 17.6 Å². The van der Waals surface area contributed by atoms with Crippen LogP contribution in [0.2, 0.25) is 0 Å². The average Bonchev–Trinajstić information content (AvgIpc) is 2.25. The lowest BCUT2D eigenvalue weighted by molar-refractivity contribution is 0.341. The van der Waals surface area contributed by atoms with Gasteiger partial charge in [-0.15, -0.1) is 0 Å². The Morgan fingerprint density at radius 2 is 2.25 bits per heavy atom. The highest BCUT2D eigenvalue weighted by atomic mass is 19.1. The zero-order chi connectivity index (χ0) is 12.1. The van der Waals surface area contributed by atoms with E-state index in [1.807, 2.05) is 13.8 Å². The third-order valence-electron chi connectivity index (χ3n) is 2.40. The van der Waals surface area contributed by atoms with Gasteiger partial charge in [-0.1, -0.05) is 19.6 Å². The molecule has 0 fully saturated rings. The lowest BCUT2D eigenvalue weighted by Crippen LogP contribution is -2.09. The Morgan fingerprint density at radius 3 is 2.81 bits per heavy atom. The SMILES string of the molecule is C=C(CC)COc1cc(F)ccc1C(C)N. The van der Waals surface area contributed by atoms with Gasteiger partial charge >= 0.3 is 0 Å². The monoisotopic (exact) mass is 223 g/mol. The zero-order valence-electron chi connectivity index (χ0n) is 9.79. The van der Waals surface area contributed by atoms with Crippen molar-refractivity contribution in [2.24, 2.45) is 5.73 Å². The fourth-order valence-electron chi connectivity index (χ4n) is 1.29. The van der Waals surface area contributed by atoms with Crippen molar-refractivity contribution in [2.75, 3.05) is 6.61 Å². The summed E-state index contributed by atoms with van der Waals surface area (Å²) < 4.78 is 18.6. The molecule has 0 aromatic heterocycles. The van der Waals surface area contributed by atoms with Crippen LogP contribution < -0.4 is 10.5 Å². The molecule has 1 aromatic rings. The van der Waals surface area contributed by atoms with Crippen molar-refractivity contribution in [1.29, 1.82) is 0 Å². The Morgan fingerprint density at radius 1 is 1.56 bits per heavy atom. The first-order valence-corrected chi connectivity index (χ1v) is 5.39. The first-order valence-electron chi connectivity index (χ1n) is 5.39. The zero-order valence-corrected chi connectivity index (χ0v) is 9.79. The third kappa shape index (κ3) is 3.35. The summed E-state index contributed by atoms with van der Waals surface area (Å²) in [6.45, 7) is 8.08. The minimum Gasteiger partial charge on any atom is -0.489 e. The predicted octanol–water partition coefficient (Wildman–Crippen LogP) is 3.19. The summed E-state index contributed by atoms with van der Waals surface area (Å²) in [7, 11) is 0. The molecule has 1 unspecified atom stereocenters. The summed E-state index contributed by atoms with van der Waals surface area (Å²) in [5.41, 5.74) is 7.56. The smallest absolute Gasteiger partial charge is 0.127 e. The molecule has 16 heavy (non-hydrogen) atoms. The first kappa shape index (κ1) is 12.7. The van der Waals surface area contributed by atoms with Crippen molar-refractivity contribution >= 4 is 0 Å². The van der Waals surface area contributed by atoms with Crippen molar-refractivity contribution < 1.29 is 9.13 Å². The standard InChI is InChI=1S/C13H18FNO/c1-4-9(2)8-16-13-7-11(14)5-6-12(13)10(3)15/h5-7,10H,2,4,8,15H2,1,3H3. The molecular formula is C13H18FNO. The van der Waals surface area contributed by atoms with Crippen LogP contribution in [0.4, 0.5) is 4.39 Å². The van der Waals surface area contributed by atoms with Crippen molar-refractivity contribution in [3.8, 4) is 5.75 Å². The molecule has 0 aliphatic rings. The molecule has 0 saturated carbocycles. The molecule has 0 aliphatic carbocycles. The summed E-state index contributed by atoms with van der Waals surface area (Å²) in [5.74, 6) is 0.186. The van der Waals surface area contributed by atoms with Gasteiger partial charge in [0.1, 0.15) is 18.2 Å². The lowest BCUT2D eigenvalue weighted by Gasteiger charge is -2.14. The molecule has 0 saturated heterocycles. The van der Waals surface area contributed by atoms with Crippen LogP contribution in [-0.2, 0) is 0 Å². The topological polar surface area (TPSA) is 35.2 Å². The average molecular weight is 223 g/mol. The fourth-order valence-corrected chi connectivity index (χ4v) is 1.29. The Hall–Kier alpha value is -1.35. The second-order valence-corrected chi connectivity index (χ2v) is 3.86. The summed E-state index contributed by atoms with van der Waals surface area (Å²) in [4.78, 5) is 0. The fraction of sp³-hybridized carbons (Fsp3) is 0.385. The maximum atomic E-state index is 13.1. The van der Waals surface area contributed by atoms with E-state index in [-0.39, 0.29) is 11.9 Å². The second kappa shape index (κ2) is 5.66. The molecule has 0 bridgehead atoms. The van der Waals surface area contributed by atoms with Crippen LogP contribution in [0.1, 0.15) is 31.9 Å². The van der Waals surface area contributed by atoms with Crippen LogP contribution >= 0.6 is 0 Å². The van der Waals surface area contributed by atoms with Crippen LogP contribution in [0.5, 0.6) is 5.75 Å². The molecule has 0 aliphatic heterocycles. The number of halogens is 1. The van der Waals surface area contributed by atoms with E-state index in [4.69, 9.17) is 10.5 Å². The molecule has 2 nitrogen and oxygen atoms in total. The van der Waals surface area contributed by atoms with Gasteiger partial charge in [-0.25, -0.2) is 4.39 Å². The van der Waals surface area contributed by atoms with E-state index in [0.29, 0.717) is 12.4 Å². The maximum Gasteiger partial charge on any atom is 0.127 e. The van der Waals surface area contributed by atoms with Gasteiger partial charge in [-0.2, -0.15) is 0 Å². The molecule has 3 heteroatoms. The number of ether oxygens (including phenoxy) is 1. The van der Waals surface area contributed by atoms with Crippen LogP contribution in [0.3, 0.4) is 0 Å². The second-order valence-electron chi connectivity index (χ2n) is 3.86. The van der Waals surface area contributed by atoms with Gasteiger partial charge in [0.05, 0.1) is 0 Å². The Labute approximate surface area is 95.9 Å². The molecule has 1 rings (SSSR count). The van der Waals surface area contributed by atoms with Gasteiger partial charge in [-0.3, -0.25) is 0 Å². The Bertz CT molecular complexity index is 374. The van der Waals surface area contributed by atoms with Gasteiger partial charge in [0.25, 0.3) is 0 Å². The minimum absolute atomic E-state index is 0.175. The van der Waals surface area contributed by atoms with Crippen LogP contribution in [0, 0.1) is 5.82 Å². The van der Waals surface area contributed by atoms with E-state index in [1.54, 1.807) is 6.07 Å². The number of hydrogen-bond acceptors (Lipinski definition) is 2. The highest BCUT2D eigenvalue weighted by molar-refractivity contribution is 5.36. The molecule has 88 valence electrons. The largest absolute Gasteiger partial charge is 0.489 e. The molecular weight excluding hydrogens is 205 g/mol. The molecule has 0 spiro atoms. The molecule has 0 radical (unpaired) electrons. The third-order valence-corrected chi connectivity index (χ3v) is 2.40. The Balaban J connectivity index is 2.84. The predicted molar refractivity (Wildman–Crippen MR) is 63.9 cm³/mol. The lowest BCUT2D eigenvalue weighted by atomic mass is 10.1. The first-order chi connectivity index (χ1) is 7.54. The quantitative estimate of drug-likeness (QED) is 0.778. The number of rotatable bonds is 5. The van der Waals surface area contributed by atoms with Gasteiger partial charge in [-0.05, 0) is 25.0 Å². The van der Waals surface area contributed by atoms with Crippen molar-refractivity contribution in [2.45, 2.75) is 26.3 Å². The molecule has 1 aromatic carbocycles. The van der Waals surface area contributed by atoms with Crippen LogP contribution in [0.15, 0.2) is 30.4 Å². The molecule has 0 amide bonds. The molecule has 2 N–H and O–H groups in total. The van der Waals surface area contributed by atoms with Crippen molar-refractivity contribution in [3.63, 3.8) is 0 Å². The molecule has 0 heterocycles. The highest BCUT2D eigenvalue weighted by Gasteiger charge is 2.09. The normalized spacial score (nSPS) is 12.2. The molecule has 1 atom stereocenters.